The lowest BCUT2D eigenvalue weighted by Crippen LogP contribution is -2.31. The minimum absolute atomic E-state index is 0.102. The number of thioether (sulfide) groups is 2. The molecule has 0 radical (unpaired) electrons. The van der Waals surface area contributed by atoms with E-state index in [1.807, 2.05) is 18.7 Å². The van der Waals surface area contributed by atoms with Gasteiger partial charge in [0.25, 0.3) is 0 Å². The van der Waals surface area contributed by atoms with Crippen molar-refractivity contribution in [1.29, 1.82) is 0 Å². The molecule has 0 bridgehead atoms. The fourth-order valence-electron chi connectivity index (χ4n) is 2.30. The molecule has 1 fully saturated rings. The van der Waals surface area contributed by atoms with Gasteiger partial charge in [0.15, 0.2) is 0 Å². The lowest BCUT2D eigenvalue weighted by atomic mass is 10.0. The van der Waals surface area contributed by atoms with Crippen molar-refractivity contribution in [3.63, 3.8) is 0 Å². The molecule has 4 heteroatoms. The molecule has 0 amide bonds. The minimum atomic E-state index is -0.701. The fourth-order valence-corrected chi connectivity index (χ4v) is 5.42. The van der Waals surface area contributed by atoms with Gasteiger partial charge in [-0.05, 0) is 19.4 Å². The average Bonchev–Trinajstić information content (AvgIpc) is 2.40. The monoisotopic (exact) mass is 286 g/mol. The van der Waals surface area contributed by atoms with Gasteiger partial charge in [0.05, 0.1) is 6.10 Å². The Kier molecular flexibility index (Phi) is 4.98. The molecule has 3 unspecified atom stereocenters. The van der Waals surface area contributed by atoms with Crippen LogP contribution in [0.2, 0.25) is 0 Å². The summed E-state index contributed by atoms with van der Waals surface area (Å²) in [6, 6.07) is 4.97. The SMILES string of the molecule is CCC1SCCSC1C(O)c1cc(C)ccc1F. The molecule has 0 aliphatic carbocycles. The Hall–Kier alpha value is -0.190. The van der Waals surface area contributed by atoms with Gasteiger partial charge in [-0.3, -0.25) is 0 Å². The van der Waals surface area contributed by atoms with Crippen LogP contribution in [0.15, 0.2) is 18.2 Å². The second kappa shape index (κ2) is 6.31. The first-order chi connectivity index (χ1) is 8.63. The molecule has 0 spiro atoms. The molecule has 3 atom stereocenters. The highest BCUT2D eigenvalue weighted by molar-refractivity contribution is 8.07. The first-order valence-electron chi connectivity index (χ1n) is 6.30. The van der Waals surface area contributed by atoms with Crippen molar-refractivity contribution in [3.8, 4) is 0 Å². The second-order valence-electron chi connectivity index (χ2n) is 4.62. The van der Waals surface area contributed by atoms with Crippen LogP contribution >= 0.6 is 23.5 Å². The molecular weight excluding hydrogens is 267 g/mol. The van der Waals surface area contributed by atoms with Gasteiger partial charge in [-0.2, -0.15) is 23.5 Å². The van der Waals surface area contributed by atoms with Gasteiger partial charge < -0.3 is 5.11 Å². The van der Waals surface area contributed by atoms with Crippen molar-refractivity contribution in [2.75, 3.05) is 11.5 Å². The summed E-state index contributed by atoms with van der Waals surface area (Å²) < 4.78 is 13.8. The Balaban J connectivity index is 2.23. The molecule has 0 aromatic heterocycles. The molecule has 1 heterocycles. The number of aryl methyl sites for hydroxylation is 1. The Morgan fingerprint density at radius 2 is 2.11 bits per heavy atom. The molecule has 1 aromatic carbocycles. The molecule has 1 saturated heterocycles. The van der Waals surface area contributed by atoms with Gasteiger partial charge in [0.1, 0.15) is 5.82 Å². The van der Waals surface area contributed by atoms with Gasteiger partial charge in [0.2, 0.25) is 0 Å². The van der Waals surface area contributed by atoms with Gasteiger partial charge in [-0.15, -0.1) is 0 Å². The topological polar surface area (TPSA) is 20.2 Å². The van der Waals surface area contributed by atoms with E-state index in [0.717, 1.165) is 23.5 Å². The third-order valence-electron chi connectivity index (χ3n) is 3.28. The average molecular weight is 286 g/mol. The van der Waals surface area contributed by atoms with Gasteiger partial charge >= 0.3 is 0 Å². The van der Waals surface area contributed by atoms with Crippen molar-refractivity contribution in [2.45, 2.75) is 36.9 Å². The molecule has 2 rings (SSSR count). The summed E-state index contributed by atoms with van der Waals surface area (Å²) in [6.45, 7) is 4.06. The van der Waals surface area contributed by atoms with Crippen LogP contribution in [0, 0.1) is 12.7 Å². The van der Waals surface area contributed by atoms with Crippen LogP contribution in [0.25, 0.3) is 0 Å². The Morgan fingerprint density at radius 1 is 1.39 bits per heavy atom. The summed E-state index contributed by atoms with van der Waals surface area (Å²) in [4.78, 5) is 0. The highest BCUT2D eigenvalue weighted by atomic mass is 32.2. The van der Waals surface area contributed by atoms with Crippen LogP contribution in [-0.2, 0) is 0 Å². The summed E-state index contributed by atoms with van der Waals surface area (Å²) in [5.74, 6) is 1.87. The first kappa shape index (κ1) is 14.2. The predicted octanol–water partition coefficient (Wildman–Crippen LogP) is 3.79. The highest BCUT2D eigenvalue weighted by Crippen LogP contribution is 2.40. The predicted molar refractivity (Wildman–Crippen MR) is 78.9 cm³/mol. The Bertz CT molecular complexity index is 411. The van der Waals surface area contributed by atoms with E-state index in [-0.39, 0.29) is 11.1 Å². The number of aliphatic hydroxyl groups is 1. The smallest absolute Gasteiger partial charge is 0.129 e. The molecule has 1 aliphatic rings. The van der Waals surface area contributed by atoms with Crippen LogP contribution in [0.3, 0.4) is 0 Å². The zero-order valence-electron chi connectivity index (χ0n) is 10.7. The number of aliphatic hydroxyl groups excluding tert-OH is 1. The van der Waals surface area contributed by atoms with E-state index in [0.29, 0.717) is 10.8 Å². The van der Waals surface area contributed by atoms with Crippen LogP contribution < -0.4 is 0 Å². The van der Waals surface area contributed by atoms with E-state index in [1.54, 1.807) is 23.9 Å². The molecule has 1 nitrogen and oxygen atoms in total. The van der Waals surface area contributed by atoms with Crippen molar-refractivity contribution in [3.05, 3.63) is 35.1 Å². The standard InChI is InChI=1S/C14H19FOS2/c1-3-12-14(18-7-6-17-12)13(16)10-8-9(2)4-5-11(10)15/h4-5,8,12-14,16H,3,6-7H2,1-2H3. The number of rotatable bonds is 3. The summed E-state index contributed by atoms with van der Waals surface area (Å²) in [5, 5.41) is 11.0. The highest BCUT2D eigenvalue weighted by Gasteiger charge is 2.33. The van der Waals surface area contributed by atoms with Crippen LogP contribution in [0.4, 0.5) is 4.39 Å². The Labute approximate surface area is 117 Å². The van der Waals surface area contributed by atoms with E-state index >= 15 is 0 Å². The minimum Gasteiger partial charge on any atom is -0.387 e. The summed E-state index contributed by atoms with van der Waals surface area (Å²) in [6.07, 6.45) is 0.319. The van der Waals surface area contributed by atoms with E-state index in [2.05, 4.69) is 6.92 Å². The quantitative estimate of drug-likeness (QED) is 0.913. The molecular formula is C14H19FOS2. The zero-order chi connectivity index (χ0) is 13.1. The van der Waals surface area contributed by atoms with E-state index in [1.165, 1.54) is 6.07 Å². The van der Waals surface area contributed by atoms with Crippen molar-refractivity contribution in [2.24, 2.45) is 0 Å². The number of hydrogen-bond acceptors (Lipinski definition) is 3. The summed E-state index contributed by atoms with van der Waals surface area (Å²) >= 11 is 3.68. The van der Waals surface area contributed by atoms with Crippen LogP contribution in [0.1, 0.15) is 30.6 Å². The lowest BCUT2D eigenvalue weighted by Gasteiger charge is -2.33. The number of halogens is 1. The molecule has 1 aromatic rings. The first-order valence-corrected chi connectivity index (χ1v) is 8.40. The maximum Gasteiger partial charge on any atom is 0.129 e. The maximum atomic E-state index is 13.8. The lowest BCUT2D eigenvalue weighted by molar-refractivity contribution is 0.167. The van der Waals surface area contributed by atoms with E-state index in [4.69, 9.17) is 0 Å². The van der Waals surface area contributed by atoms with Crippen LogP contribution in [0.5, 0.6) is 0 Å². The molecule has 1 N–H and O–H groups in total. The zero-order valence-corrected chi connectivity index (χ0v) is 12.4. The number of benzene rings is 1. The molecule has 1 aliphatic heterocycles. The van der Waals surface area contributed by atoms with Gasteiger partial charge in [0, 0.05) is 27.6 Å². The summed E-state index contributed by atoms with van der Waals surface area (Å²) in [7, 11) is 0. The normalized spacial score (nSPS) is 26.0. The molecule has 100 valence electrons. The Morgan fingerprint density at radius 3 is 2.83 bits per heavy atom. The van der Waals surface area contributed by atoms with Crippen LogP contribution in [-0.4, -0.2) is 27.1 Å². The third-order valence-corrected chi connectivity index (χ3v) is 6.61. The number of hydrogen-bond donors (Lipinski definition) is 1. The van der Waals surface area contributed by atoms with Gasteiger partial charge in [-0.25, -0.2) is 4.39 Å². The second-order valence-corrected chi connectivity index (χ2v) is 7.26. The molecule has 18 heavy (non-hydrogen) atoms. The van der Waals surface area contributed by atoms with E-state index < -0.39 is 6.10 Å². The van der Waals surface area contributed by atoms with Crippen molar-refractivity contribution in [1.82, 2.24) is 0 Å². The maximum absolute atomic E-state index is 13.8. The van der Waals surface area contributed by atoms with Gasteiger partial charge in [-0.1, -0.05) is 24.6 Å². The van der Waals surface area contributed by atoms with E-state index in [9.17, 15) is 9.50 Å². The van der Waals surface area contributed by atoms with Crippen molar-refractivity contribution < 1.29 is 9.50 Å². The summed E-state index contributed by atoms with van der Waals surface area (Å²) in [5.41, 5.74) is 1.44. The van der Waals surface area contributed by atoms with Crippen molar-refractivity contribution >= 4 is 23.5 Å². The third kappa shape index (κ3) is 3.03. The largest absolute Gasteiger partial charge is 0.387 e. The molecule has 0 saturated carbocycles. The fraction of sp³-hybridized carbons (Fsp3) is 0.571.